The molecular formula is C19H25N3O4. The van der Waals surface area contributed by atoms with Gasteiger partial charge < -0.3 is 19.8 Å². The van der Waals surface area contributed by atoms with E-state index in [1.807, 2.05) is 30.3 Å². The summed E-state index contributed by atoms with van der Waals surface area (Å²) in [5.74, 6) is -0.133. The first-order valence-electron chi connectivity index (χ1n) is 9.13. The number of nitrogens with zero attached hydrogens (tertiary/aromatic N) is 2. The van der Waals surface area contributed by atoms with Crippen LogP contribution in [-0.2, 0) is 20.8 Å². The molecule has 2 aliphatic rings. The van der Waals surface area contributed by atoms with Gasteiger partial charge in [-0.15, -0.1) is 0 Å². The number of nitrogens with one attached hydrogen (secondary N) is 1. The number of carbonyl (C=O) groups excluding carboxylic acids is 2. The van der Waals surface area contributed by atoms with Gasteiger partial charge in [0.25, 0.3) is 5.91 Å². The number of ether oxygens (including phenoxy) is 1. The second kappa shape index (κ2) is 8.69. The maximum absolute atomic E-state index is 12.4. The smallest absolute Gasteiger partial charge is 0.409 e. The number of hydrogen-bond acceptors (Lipinski definition) is 5. The highest BCUT2D eigenvalue weighted by Crippen LogP contribution is 2.17. The average molecular weight is 359 g/mol. The Hall–Kier alpha value is -2.57. The number of carbonyl (C=O) groups is 2. The number of amides is 2. The molecule has 140 valence electrons. The maximum Gasteiger partial charge on any atom is 0.409 e. The number of hydrogen-bond donors (Lipinski definition) is 1. The Labute approximate surface area is 153 Å². The molecule has 2 amide bonds. The lowest BCUT2D eigenvalue weighted by Gasteiger charge is -2.31. The molecular weight excluding hydrogens is 334 g/mol. The van der Waals surface area contributed by atoms with Crippen LogP contribution in [0.15, 0.2) is 35.5 Å². The lowest BCUT2D eigenvalue weighted by atomic mass is 10.0. The fourth-order valence-corrected chi connectivity index (χ4v) is 3.22. The number of likely N-dealkylation sites (tertiary alicyclic amines) is 1. The molecule has 0 bridgehead atoms. The van der Waals surface area contributed by atoms with Gasteiger partial charge in [0.2, 0.25) is 6.10 Å². The number of piperidine rings is 1. The van der Waals surface area contributed by atoms with Crippen LogP contribution in [0.4, 0.5) is 4.79 Å². The van der Waals surface area contributed by atoms with Gasteiger partial charge in [-0.25, -0.2) is 4.79 Å². The van der Waals surface area contributed by atoms with Crippen molar-refractivity contribution < 1.29 is 19.2 Å². The zero-order chi connectivity index (χ0) is 18.4. The minimum absolute atomic E-state index is 0.0509. The van der Waals surface area contributed by atoms with Gasteiger partial charge in [-0.1, -0.05) is 35.5 Å². The first kappa shape index (κ1) is 18.2. The van der Waals surface area contributed by atoms with Gasteiger partial charge in [0, 0.05) is 32.0 Å². The molecule has 0 aliphatic carbocycles. The molecule has 1 saturated heterocycles. The molecule has 1 aromatic rings. The van der Waals surface area contributed by atoms with Gasteiger partial charge in [-0.05, 0) is 25.3 Å². The van der Waals surface area contributed by atoms with Crippen LogP contribution >= 0.6 is 0 Å². The minimum atomic E-state index is -0.559. The predicted octanol–water partition coefficient (Wildman–Crippen LogP) is 2.11. The molecule has 7 heteroatoms. The van der Waals surface area contributed by atoms with Gasteiger partial charge in [0.15, 0.2) is 0 Å². The standard InChI is InChI=1S/C19H25N3O4/c1-2-25-19(24)22-10-8-15(9-11-22)20-18(23)17-13-16(21-26-17)12-14-6-4-3-5-7-14/h3-7,15,17H,2,8-13H2,1H3,(H,20,23)/t17-/m0/s1. The minimum Gasteiger partial charge on any atom is -0.450 e. The van der Waals surface area contributed by atoms with Gasteiger partial charge in [-0.3, -0.25) is 4.79 Å². The Balaban J connectivity index is 1.41. The number of oxime groups is 1. The zero-order valence-corrected chi connectivity index (χ0v) is 15.0. The molecule has 1 aromatic carbocycles. The monoisotopic (exact) mass is 359 g/mol. The summed E-state index contributed by atoms with van der Waals surface area (Å²) >= 11 is 0. The fraction of sp³-hybridized carbons (Fsp3) is 0.526. The second-order valence-corrected chi connectivity index (χ2v) is 6.59. The highest BCUT2D eigenvalue weighted by molar-refractivity contribution is 5.94. The summed E-state index contributed by atoms with van der Waals surface area (Å²) in [5, 5.41) is 7.09. The number of benzene rings is 1. The van der Waals surface area contributed by atoms with E-state index in [0.29, 0.717) is 32.5 Å². The molecule has 3 rings (SSSR count). The van der Waals surface area contributed by atoms with Crippen LogP contribution in [0, 0.1) is 0 Å². The third-order valence-electron chi connectivity index (χ3n) is 4.64. The summed E-state index contributed by atoms with van der Waals surface area (Å²) in [6.07, 6.45) is 1.81. The van der Waals surface area contributed by atoms with Crippen LogP contribution in [0.2, 0.25) is 0 Å². The van der Waals surface area contributed by atoms with Crippen molar-refractivity contribution in [3.05, 3.63) is 35.9 Å². The van der Waals surface area contributed by atoms with Crippen molar-refractivity contribution in [1.29, 1.82) is 0 Å². The molecule has 0 saturated carbocycles. The zero-order valence-electron chi connectivity index (χ0n) is 15.0. The van der Waals surface area contributed by atoms with Crippen LogP contribution < -0.4 is 5.32 Å². The van der Waals surface area contributed by atoms with Crippen molar-refractivity contribution in [1.82, 2.24) is 10.2 Å². The molecule has 1 N–H and O–H groups in total. The largest absolute Gasteiger partial charge is 0.450 e. The Morgan fingerprint density at radius 2 is 2.00 bits per heavy atom. The summed E-state index contributed by atoms with van der Waals surface area (Å²) in [4.78, 5) is 31.1. The highest BCUT2D eigenvalue weighted by atomic mass is 16.6. The van der Waals surface area contributed by atoms with Crippen LogP contribution in [-0.4, -0.2) is 54.5 Å². The molecule has 1 atom stereocenters. The molecule has 26 heavy (non-hydrogen) atoms. The second-order valence-electron chi connectivity index (χ2n) is 6.59. The Morgan fingerprint density at radius 1 is 1.27 bits per heavy atom. The first-order chi connectivity index (χ1) is 12.7. The van der Waals surface area contributed by atoms with Crippen LogP contribution in [0.25, 0.3) is 0 Å². The van der Waals surface area contributed by atoms with E-state index < -0.39 is 6.10 Å². The normalized spacial score (nSPS) is 20.3. The van der Waals surface area contributed by atoms with Gasteiger partial charge in [-0.2, -0.15) is 0 Å². The molecule has 0 spiro atoms. The summed E-state index contributed by atoms with van der Waals surface area (Å²) in [7, 11) is 0. The van der Waals surface area contributed by atoms with Crippen molar-refractivity contribution in [3.8, 4) is 0 Å². The number of rotatable bonds is 5. The van der Waals surface area contributed by atoms with E-state index in [0.717, 1.165) is 24.1 Å². The molecule has 0 aromatic heterocycles. The first-order valence-corrected chi connectivity index (χ1v) is 9.13. The van der Waals surface area contributed by atoms with Crippen molar-refractivity contribution in [3.63, 3.8) is 0 Å². The molecule has 7 nitrogen and oxygen atoms in total. The maximum atomic E-state index is 12.4. The van der Waals surface area contributed by atoms with E-state index in [1.165, 1.54) is 0 Å². The fourth-order valence-electron chi connectivity index (χ4n) is 3.22. The Kier molecular flexibility index (Phi) is 6.09. The SMILES string of the molecule is CCOC(=O)N1CCC(NC(=O)[C@@H]2CC(Cc3ccccc3)=NO2)CC1. The molecule has 1 fully saturated rings. The lowest BCUT2D eigenvalue weighted by molar-refractivity contribution is -0.132. The van der Waals surface area contributed by atoms with Crippen molar-refractivity contribution in [2.75, 3.05) is 19.7 Å². The van der Waals surface area contributed by atoms with E-state index in [9.17, 15) is 9.59 Å². The lowest BCUT2D eigenvalue weighted by Crippen LogP contribution is -2.49. The predicted molar refractivity (Wildman–Crippen MR) is 96.8 cm³/mol. The van der Waals surface area contributed by atoms with E-state index >= 15 is 0 Å². The third-order valence-corrected chi connectivity index (χ3v) is 4.64. The van der Waals surface area contributed by atoms with Crippen molar-refractivity contribution >= 4 is 17.7 Å². The van der Waals surface area contributed by atoms with Gasteiger partial charge in [0.05, 0.1) is 12.3 Å². The van der Waals surface area contributed by atoms with E-state index in [2.05, 4.69) is 10.5 Å². The van der Waals surface area contributed by atoms with E-state index in [1.54, 1.807) is 11.8 Å². The highest BCUT2D eigenvalue weighted by Gasteiger charge is 2.31. The van der Waals surface area contributed by atoms with Crippen molar-refractivity contribution in [2.45, 2.75) is 44.8 Å². The molecule has 0 unspecified atom stereocenters. The molecule has 2 heterocycles. The van der Waals surface area contributed by atoms with E-state index in [4.69, 9.17) is 9.57 Å². The average Bonchev–Trinajstić information content (AvgIpc) is 3.12. The van der Waals surface area contributed by atoms with Gasteiger partial charge in [0.1, 0.15) is 0 Å². The third kappa shape index (κ3) is 4.74. The topological polar surface area (TPSA) is 80.2 Å². The quantitative estimate of drug-likeness (QED) is 0.873. The Morgan fingerprint density at radius 3 is 2.69 bits per heavy atom. The molecule has 0 radical (unpaired) electrons. The summed E-state index contributed by atoms with van der Waals surface area (Å²) in [6.45, 7) is 3.34. The van der Waals surface area contributed by atoms with Crippen LogP contribution in [0.1, 0.15) is 31.7 Å². The summed E-state index contributed by atoms with van der Waals surface area (Å²) in [5.41, 5.74) is 2.04. The Bertz CT molecular complexity index is 654. The summed E-state index contributed by atoms with van der Waals surface area (Å²) < 4.78 is 5.00. The van der Waals surface area contributed by atoms with Crippen LogP contribution in [0.3, 0.4) is 0 Å². The van der Waals surface area contributed by atoms with Crippen LogP contribution in [0.5, 0.6) is 0 Å². The van der Waals surface area contributed by atoms with Crippen molar-refractivity contribution in [2.24, 2.45) is 5.16 Å². The summed E-state index contributed by atoms with van der Waals surface area (Å²) in [6, 6.07) is 10.1. The molecule has 2 aliphatic heterocycles. The van der Waals surface area contributed by atoms with E-state index in [-0.39, 0.29) is 18.0 Å². The van der Waals surface area contributed by atoms with Gasteiger partial charge >= 0.3 is 6.09 Å².